The van der Waals surface area contributed by atoms with Gasteiger partial charge < -0.3 is 10.6 Å². The maximum atomic E-state index is 13.2. The predicted octanol–water partition coefficient (Wildman–Crippen LogP) is 1.16. The van der Waals surface area contributed by atoms with E-state index in [-0.39, 0.29) is 17.5 Å². The molecule has 2 rings (SSSR count). The summed E-state index contributed by atoms with van der Waals surface area (Å²) in [7, 11) is 0. The molecule has 1 aliphatic rings. The number of anilines is 1. The number of hydrogen-bond donors (Lipinski definition) is 2. The molecule has 1 fully saturated rings. The SMILES string of the molecule is O=C(Nc1ccncc1F)[C@H]1CCCNC1. The number of carbonyl (C=O) groups excluding carboxylic acids is 1. The molecule has 0 bridgehead atoms. The number of piperidine rings is 1. The highest BCUT2D eigenvalue weighted by atomic mass is 19.1. The number of nitrogens with one attached hydrogen (secondary N) is 2. The minimum atomic E-state index is -0.500. The zero-order valence-corrected chi connectivity index (χ0v) is 8.87. The van der Waals surface area contributed by atoms with Crippen LogP contribution in [0.15, 0.2) is 18.5 Å². The van der Waals surface area contributed by atoms with Gasteiger partial charge in [0, 0.05) is 12.7 Å². The quantitative estimate of drug-likeness (QED) is 0.791. The lowest BCUT2D eigenvalue weighted by atomic mass is 9.99. The van der Waals surface area contributed by atoms with Crippen molar-refractivity contribution >= 4 is 11.6 Å². The lowest BCUT2D eigenvalue weighted by molar-refractivity contribution is -0.120. The molecule has 1 aromatic rings. The van der Waals surface area contributed by atoms with E-state index in [2.05, 4.69) is 15.6 Å². The molecule has 1 aliphatic heterocycles. The van der Waals surface area contributed by atoms with Crippen molar-refractivity contribution in [3.05, 3.63) is 24.3 Å². The molecule has 4 nitrogen and oxygen atoms in total. The van der Waals surface area contributed by atoms with Crippen molar-refractivity contribution in [2.75, 3.05) is 18.4 Å². The first-order valence-corrected chi connectivity index (χ1v) is 5.38. The summed E-state index contributed by atoms with van der Waals surface area (Å²) in [6, 6.07) is 1.46. The molecule has 0 saturated carbocycles. The van der Waals surface area contributed by atoms with Gasteiger partial charge in [0.15, 0.2) is 5.82 Å². The molecule has 5 heteroatoms. The van der Waals surface area contributed by atoms with Crippen LogP contribution in [0.1, 0.15) is 12.8 Å². The van der Waals surface area contributed by atoms with E-state index in [1.165, 1.54) is 12.3 Å². The predicted molar refractivity (Wildman–Crippen MR) is 58.4 cm³/mol. The van der Waals surface area contributed by atoms with Gasteiger partial charge in [0.05, 0.1) is 17.8 Å². The van der Waals surface area contributed by atoms with Crippen LogP contribution in [0.4, 0.5) is 10.1 Å². The number of nitrogens with zero attached hydrogens (tertiary/aromatic N) is 1. The van der Waals surface area contributed by atoms with Gasteiger partial charge in [-0.1, -0.05) is 0 Å². The third-order valence-electron chi connectivity index (χ3n) is 2.70. The van der Waals surface area contributed by atoms with Gasteiger partial charge in [-0.15, -0.1) is 0 Å². The number of hydrogen-bond acceptors (Lipinski definition) is 3. The fourth-order valence-corrected chi connectivity index (χ4v) is 1.79. The van der Waals surface area contributed by atoms with Crippen LogP contribution >= 0.6 is 0 Å². The first-order valence-electron chi connectivity index (χ1n) is 5.38. The van der Waals surface area contributed by atoms with Crippen molar-refractivity contribution in [1.82, 2.24) is 10.3 Å². The Hall–Kier alpha value is -1.49. The van der Waals surface area contributed by atoms with Gasteiger partial charge in [0.25, 0.3) is 0 Å². The van der Waals surface area contributed by atoms with Gasteiger partial charge in [-0.3, -0.25) is 9.78 Å². The molecule has 1 aromatic heterocycles. The average Bonchev–Trinajstić information content (AvgIpc) is 2.33. The molecule has 0 radical (unpaired) electrons. The Morgan fingerprint density at radius 2 is 2.50 bits per heavy atom. The summed E-state index contributed by atoms with van der Waals surface area (Å²) in [5, 5.41) is 5.74. The van der Waals surface area contributed by atoms with Gasteiger partial charge in [-0.25, -0.2) is 4.39 Å². The molecule has 2 N–H and O–H groups in total. The fourth-order valence-electron chi connectivity index (χ4n) is 1.79. The van der Waals surface area contributed by atoms with E-state index in [1.807, 2.05) is 0 Å². The van der Waals surface area contributed by atoms with Crippen LogP contribution in [0.5, 0.6) is 0 Å². The molecule has 86 valence electrons. The van der Waals surface area contributed by atoms with Crippen LogP contribution in [0, 0.1) is 11.7 Å². The molecule has 0 aromatic carbocycles. The average molecular weight is 223 g/mol. The number of carbonyl (C=O) groups is 1. The summed E-state index contributed by atoms with van der Waals surface area (Å²) in [6.07, 6.45) is 4.38. The molecular formula is C11H14FN3O. The van der Waals surface area contributed by atoms with E-state index < -0.39 is 5.82 Å². The molecule has 2 heterocycles. The molecule has 16 heavy (non-hydrogen) atoms. The van der Waals surface area contributed by atoms with E-state index in [0.29, 0.717) is 6.54 Å². The van der Waals surface area contributed by atoms with Crippen molar-refractivity contribution in [2.24, 2.45) is 5.92 Å². The topological polar surface area (TPSA) is 54.0 Å². The van der Waals surface area contributed by atoms with Gasteiger partial charge in [-0.2, -0.15) is 0 Å². The lowest BCUT2D eigenvalue weighted by Gasteiger charge is -2.21. The summed E-state index contributed by atoms with van der Waals surface area (Å²) >= 11 is 0. The molecule has 1 amide bonds. The molecule has 1 saturated heterocycles. The van der Waals surface area contributed by atoms with Gasteiger partial charge in [0.1, 0.15) is 0 Å². The summed E-state index contributed by atoms with van der Waals surface area (Å²) in [5.74, 6) is -0.696. The van der Waals surface area contributed by atoms with E-state index >= 15 is 0 Å². The van der Waals surface area contributed by atoms with E-state index in [4.69, 9.17) is 0 Å². The minimum Gasteiger partial charge on any atom is -0.323 e. The van der Waals surface area contributed by atoms with Crippen LogP contribution in [0.3, 0.4) is 0 Å². The number of halogens is 1. The monoisotopic (exact) mass is 223 g/mol. The Balaban J connectivity index is 1.99. The highest BCUT2D eigenvalue weighted by Crippen LogP contribution is 2.15. The third-order valence-corrected chi connectivity index (χ3v) is 2.70. The maximum Gasteiger partial charge on any atom is 0.228 e. The number of rotatable bonds is 2. The zero-order valence-electron chi connectivity index (χ0n) is 8.87. The summed E-state index contributed by atoms with van der Waals surface area (Å²) in [6.45, 7) is 1.62. The third kappa shape index (κ3) is 2.55. The van der Waals surface area contributed by atoms with E-state index in [1.54, 1.807) is 0 Å². The van der Waals surface area contributed by atoms with E-state index in [0.717, 1.165) is 25.6 Å². The van der Waals surface area contributed by atoms with Crippen LogP contribution in [-0.4, -0.2) is 24.0 Å². The summed E-state index contributed by atoms with van der Waals surface area (Å²) in [5.41, 5.74) is 0.200. The zero-order chi connectivity index (χ0) is 11.4. The Morgan fingerprint density at radius 3 is 3.19 bits per heavy atom. The first-order chi connectivity index (χ1) is 7.77. The van der Waals surface area contributed by atoms with Crippen LogP contribution in [0.2, 0.25) is 0 Å². The van der Waals surface area contributed by atoms with Crippen molar-refractivity contribution < 1.29 is 9.18 Å². The smallest absolute Gasteiger partial charge is 0.228 e. The normalized spacial score (nSPS) is 20.4. The lowest BCUT2D eigenvalue weighted by Crippen LogP contribution is -2.37. The van der Waals surface area contributed by atoms with Crippen molar-refractivity contribution in [3.8, 4) is 0 Å². The highest BCUT2D eigenvalue weighted by molar-refractivity contribution is 5.92. The van der Waals surface area contributed by atoms with Gasteiger partial charge in [0.2, 0.25) is 5.91 Å². The van der Waals surface area contributed by atoms with Crippen molar-refractivity contribution in [1.29, 1.82) is 0 Å². The van der Waals surface area contributed by atoms with Crippen LogP contribution in [0.25, 0.3) is 0 Å². The maximum absolute atomic E-state index is 13.2. The van der Waals surface area contributed by atoms with E-state index in [9.17, 15) is 9.18 Å². The molecule has 1 atom stereocenters. The van der Waals surface area contributed by atoms with Gasteiger partial charge in [-0.05, 0) is 25.5 Å². The highest BCUT2D eigenvalue weighted by Gasteiger charge is 2.21. The second kappa shape index (κ2) is 5.03. The van der Waals surface area contributed by atoms with Crippen molar-refractivity contribution in [3.63, 3.8) is 0 Å². The Bertz CT molecular complexity index is 377. The second-order valence-electron chi connectivity index (χ2n) is 3.89. The van der Waals surface area contributed by atoms with Crippen LogP contribution < -0.4 is 10.6 Å². The number of aromatic nitrogens is 1. The van der Waals surface area contributed by atoms with Crippen molar-refractivity contribution in [2.45, 2.75) is 12.8 Å². The molecule has 0 unspecified atom stereocenters. The largest absolute Gasteiger partial charge is 0.323 e. The molecule has 0 aliphatic carbocycles. The molecule has 0 spiro atoms. The fraction of sp³-hybridized carbons (Fsp3) is 0.455. The number of pyridine rings is 1. The summed E-state index contributed by atoms with van der Waals surface area (Å²) in [4.78, 5) is 15.4. The Labute approximate surface area is 93.3 Å². The Morgan fingerprint density at radius 1 is 1.62 bits per heavy atom. The van der Waals surface area contributed by atoms with Gasteiger partial charge >= 0.3 is 0 Å². The summed E-state index contributed by atoms with van der Waals surface area (Å²) < 4.78 is 13.2. The first kappa shape index (κ1) is 11.0. The number of amides is 1. The standard InChI is InChI=1S/C11H14FN3O/c12-9-7-14-5-3-10(9)15-11(16)8-2-1-4-13-6-8/h3,5,7-8,13H,1-2,4,6H2,(H,14,15,16)/t8-/m0/s1. The Kier molecular flexibility index (Phi) is 3.46. The van der Waals surface area contributed by atoms with Crippen LogP contribution in [-0.2, 0) is 4.79 Å². The molecular weight excluding hydrogens is 209 g/mol. The minimum absolute atomic E-state index is 0.0682. The second-order valence-corrected chi connectivity index (χ2v) is 3.89.